The van der Waals surface area contributed by atoms with Crippen LogP contribution in [0.2, 0.25) is 0 Å². The minimum Gasteiger partial charge on any atom is -0.390 e. The summed E-state index contributed by atoms with van der Waals surface area (Å²) < 4.78 is 0. The molecule has 1 aliphatic carbocycles. The lowest BCUT2D eigenvalue weighted by molar-refractivity contribution is -0.0613. The summed E-state index contributed by atoms with van der Waals surface area (Å²) in [6, 6.07) is 6.24. The number of hydrogen-bond donors (Lipinski definition) is 1. The highest BCUT2D eigenvalue weighted by atomic mass is 16.3. The molecule has 1 aromatic heterocycles. The first kappa shape index (κ1) is 14.0. The summed E-state index contributed by atoms with van der Waals surface area (Å²) in [4.78, 5) is 7.10. The van der Waals surface area contributed by atoms with Crippen LogP contribution in [-0.4, -0.2) is 33.7 Å². The Morgan fingerprint density at radius 1 is 1.40 bits per heavy atom. The third-order valence-electron chi connectivity index (χ3n) is 5.34. The van der Waals surface area contributed by atoms with Gasteiger partial charge in [0.25, 0.3) is 0 Å². The lowest BCUT2D eigenvalue weighted by Gasteiger charge is -2.40. The van der Waals surface area contributed by atoms with Crippen molar-refractivity contribution in [2.45, 2.75) is 51.7 Å². The van der Waals surface area contributed by atoms with Crippen LogP contribution >= 0.6 is 0 Å². The van der Waals surface area contributed by atoms with Gasteiger partial charge in [-0.05, 0) is 44.2 Å². The van der Waals surface area contributed by atoms with Crippen molar-refractivity contribution in [3.8, 4) is 0 Å². The van der Waals surface area contributed by atoms with E-state index in [0.29, 0.717) is 11.8 Å². The van der Waals surface area contributed by atoms with Crippen LogP contribution in [0.25, 0.3) is 0 Å². The lowest BCUT2D eigenvalue weighted by Crippen LogP contribution is -2.44. The van der Waals surface area contributed by atoms with Gasteiger partial charge < -0.3 is 5.11 Å². The number of pyridine rings is 1. The molecule has 0 bridgehead atoms. The molecule has 3 rings (SSSR count). The number of aryl methyl sites for hydroxylation is 1. The van der Waals surface area contributed by atoms with Gasteiger partial charge in [0.05, 0.1) is 11.3 Å². The Hall–Kier alpha value is -0.930. The Morgan fingerprint density at radius 2 is 2.25 bits per heavy atom. The van der Waals surface area contributed by atoms with Crippen LogP contribution in [0.1, 0.15) is 44.0 Å². The summed E-state index contributed by atoms with van der Waals surface area (Å²) in [6.45, 7) is 7.26. The first-order valence-corrected chi connectivity index (χ1v) is 7.98. The minimum absolute atomic E-state index is 0.419. The number of aliphatic hydroxyl groups is 1. The van der Waals surface area contributed by atoms with Gasteiger partial charge in [-0.1, -0.05) is 19.4 Å². The van der Waals surface area contributed by atoms with E-state index in [-0.39, 0.29) is 0 Å². The zero-order chi connectivity index (χ0) is 14.2. The van der Waals surface area contributed by atoms with Crippen molar-refractivity contribution >= 4 is 0 Å². The van der Waals surface area contributed by atoms with E-state index in [1.807, 2.05) is 13.0 Å². The monoisotopic (exact) mass is 274 g/mol. The number of nitrogens with zero attached hydrogens (tertiary/aromatic N) is 2. The maximum atomic E-state index is 10.8. The van der Waals surface area contributed by atoms with Gasteiger partial charge in [0.1, 0.15) is 0 Å². The average molecular weight is 274 g/mol. The fourth-order valence-electron chi connectivity index (χ4n) is 4.20. The highest BCUT2D eigenvalue weighted by Crippen LogP contribution is 2.44. The summed E-state index contributed by atoms with van der Waals surface area (Å²) in [5.74, 6) is 1.14. The molecule has 1 N–H and O–H groups in total. The SMILES string of the molecule is CC[C@@]1(O)CCC[C@@H]2CN(Cc3cccc(C)n3)C[C@@H]21. The summed E-state index contributed by atoms with van der Waals surface area (Å²) in [5, 5.41) is 10.8. The van der Waals surface area contributed by atoms with Crippen LogP contribution in [0.15, 0.2) is 18.2 Å². The van der Waals surface area contributed by atoms with Crippen LogP contribution in [-0.2, 0) is 6.54 Å². The Bertz CT molecular complexity index is 476. The fraction of sp³-hybridized carbons (Fsp3) is 0.706. The smallest absolute Gasteiger partial charge is 0.0688 e. The quantitative estimate of drug-likeness (QED) is 0.920. The predicted octanol–water partition coefficient (Wildman–Crippen LogP) is 2.76. The Labute approximate surface area is 122 Å². The van der Waals surface area contributed by atoms with E-state index in [2.05, 4.69) is 28.9 Å². The van der Waals surface area contributed by atoms with Crippen molar-refractivity contribution in [2.75, 3.05) is 13.1 Å². The van der Waals surface area contributed by atoms with Gasteiger partial charge in [-0.2, -0.15) is 0 Å². The molecule has 2 heterocycles. The van der Waals surface area contributed by atoms with Crippen LogP contribution in [0.3, 0.4) is 0 Å². The summed E-state index contributed by atoms with van der Waals surface area (Å²) in [7, 11) is 0. The van der Waals surface area contributed by atoms with Gasteiger partial charge in [0, 0.05) is 31.2 Å². The van der Waals surface area contributed by atoms with Gasteiger partial charge in [0.2, 0.25) is 0 Å². The first-order chi connectivity index (χ1) is 9.60. The molecule has 2 fully saturated rings. The minimum atomic E-state index is -0.419. The van der Waals surface area contributed by atoms with Gasteiger partial charge in [0.15, 0.2) is 0 Å². The molecule has 0 aromatic carbocycles. The molecule has 1 aliphatic heterocycles. The molecule has 0 unspecified atom stereocenters. The molecule has 2 aliphatic rings. The second-order valence-corrected chi connectivity index (χ2v) is 6.68. The van der Waals surface area contributed by atoms with E-state index >= 15 is 0 Å². The molecule has 3 heteroatoms. The van der Waals surface area contributed by atoms with Crippen molar-refractivity contribution in [1.82, 2.24) is 9.88 Å². The van der Waals surface area contributed by atoms with Crippen molar-refractivity contribution in [3.63, 3.8) is 0 Å². The highest BCUT2D eigenvalue weighted by Gasteiger charge is 2.47. The third-order valence-corrected chi connectivity index (χ3v) is 5.34. The zero-order valence-electron chi connectivity index (χ0n) is 12.7. The van der Waals surface area contributed by atoms with Gasteiger partial charge in [-0.25, -0.2) is 0 Å². The van der Waals surface area contributed by atoms with Crippen molar-refractivity contribution in [3.05, 3.63) is 29.6 Å². The van der Waals surface area contributed by atoms with Crippen LogP contribution in [0.5, 0.6) is 0 Å². The normalized spacial score (nSPS) is 34.1. The number of fused-ring (bicyclic) bond motifs is 1. The van der Waals surface area contributed by atoms with Crippen LogP contribution in [0, 0.1) is 18.8 Å². The number of rotatable bonds is 3. The molecular weight excluding hydrogens is 248 g/mol. The Balaban J connectivity index is 1.69. The maximum Gasteiger partial charge on any atom is 0.0688 e. The Kier molecular flexibility index (Phi) is 3.83. The van der Waals surface area contributed by atoms with Gasteiger partial charge in [-0.3, -0.25) is 9.88 Å². The van der Waals surface area contributed by atoms with E-state index in [4.69, 9.17) is 0 Å². The first-order valence-electron chi connectivity index (χ1n) is 7.98. The number of aromatic nitrogens is 1. The molecule has 1 saturated carbocycles. The molecule has 0 radical (unpaired) electrons. The fourth-order valence-corrected chi connectivity index (χ4v) is 4.20. The molecule has 110 valence electrons. The molecule has 3 atom stereocenters. The summed E-state index contributed by atoms with van der Waals surface area (Å²) in [6.07, 6.45) is 4.35. The van der Waals surface area contributed by atoms with Crippen molar-refractivity contribution < 1.29 is 5.11 Å². The zero-order valence-corrected chi connectivity index (χ0v) is 12.7. The largest absolute Gasteiger partial charge is 0.390 e. The van der Waals surface area contributed by atoms with E-state index in [0.717, 1.165) is 43.9 Å². The number of hydrogen-bond acceptors (Lipinski definition) is 3. The molecule has 20 heavy (non-hydrogen) atoms. The van der Waals surface area contributed by atoms with E-state index in [9.17, 15) is 5.11 Å². The summed E-state index contributed by atoms with van der Waals surface area (Å²) in [5.41, 5.74) is 1.82. The van der Waals surface area contributed by atoms with E-state index in [1.165, 1.54) is 12.8 Å². The van der Waals surface area contributed by atoms with E-state index in [1.54, 1.807) is 0 Å². The average Bonchev–Trinajstić information content (AvgIpc) is 2.83. The molecule has 1 saturated heterocycles. The Morgan fingerprint density at radius 3 is 3.00 bits per heavy atom. The molecule has 0 amide bonds. The molecular formula is C17H26N2O. The highest BCUT2D eigenvalue weighted by molar-refractivity contribution is 5.10. The second kappa shape index (κ2) is 5.45. The van der Waals surface area contributed by atoms with E-state index < -0.39 is 5.60 Å². The molecule has 1 aromatic rings. The predicted molar refractivity (Wildman–Crippen MR) is 80.3 cm³/mol. The second-order valence-electron chi connectivity index (χ2n) is 6.68. The van der Waals surface area contributed by atoms with Crippen molar-refractivity contribution in [1.29, 1.82) is 0 Å². The standard InChI is InChI=1S/C17H26N2O/c1-3-17(20)9-5-7-14-10-19(12-16(14)17)11-15-8-4-6-13(2)18-15/h4,6,8,14,16,20H,3,5,7,9-12H2,1-2H3/t14-,16+,17-/m1/s1. The number of likely N-dealkylation sites (tertiary alicyclic amines) is 1. The van der Waals surface area contributed by atoms with Gasteiger partial charge >= 0.3 is 0 Å². The van der Waals surface area contributed by atoms with Gasteiger partial charge in [-0.15, -0.1) is 0 Å². The third kappa shape index (κ3) is 2.61. The maximum absolute atomic E-state index is 10.8. The summed E-state index contributed by atoms with van der Waals surface area (Å²) >= 11 is 0. The molecule has 3 nitrogen and oxygen atoms in total. The lowest BCUT2D eigenvalue weighted by atomic mass is 9.69. The molecule has 0 spiro atoms. The van der Waals surface area contributed by atoms with Crippen LogP contribution in [0.4, 0.5) is 0 Å². The van der Waals surface area contributed by atoms with Crippen LogP contribution < -0.4 is 0 Å². The van der Waals surface area contributed by atoms with Crippen molar-refractivity contribution in [2.24, 2.45) is 11.8 Å². The topological polar surface area (TPSA) is 36.4 Å².